The summed E-state index contributed by atoms with van der Waals surface area (Å²) in [6.45, 7) is 2.85. The number of anilines is 1. The van der Waals surface area contributed by atoms with Gasteiger partial charge in [-0.05, 0) is 31.9 Å². The van der Waals surface area contributed by atoms with Crippen LogP contribution >= 0.6 is 11.6 Å². The molecule has 1 saturated heterocycles. The monoisotopic (exact) mass is 392 g/mol. The molecule has 8 heteroatoms. The summed E-state index contributed by atoms with van der Waals surface area (Å²) in [7, 11) is 1.94. The average molecular weight is 393 g/mol. The molecule has 0 saturated carbocycles. The fourth-order valence-electron chi connectivity index (χ4n) is 3.16. The summed E-state index contributed by atoms with van der Waals surface area (Å²) in [5, 5.41) is 0.497. The molecule has 1 unspecified atom stereocenters. The van der Waals surface area contributed by atoms with Crippen molar-refractivity contribution < 1.29 is 13.9 Å². The number of benzene rings is 1. The predicted molar refractivity (Wildman–Crippen MR) is 102 cm³/mol. The van der Waals surface area contributed by atoms with Crippen LogP contribution < -0.4 is 9.64 Å². The molecule has 2 aromatic rings. The van der Waals surface area contributed by atoms with Gasteiger partial charge in [0.25, 0.3) is 5.91 Å². The van der Waals surface area contributed by atoms with E-state index in [1.807, 2.05) is 11.9 Å². The second-order valence-electron chi connectivity index (χ2n) is 6.56. The van der Waals surface area contributed by atoms with Gasteiger partial charge in [0, 0.05) is 26.2 Å². The Labute approximate surface area is 162 Å². The van der Waals surface area contributed by atoms with E-state index in [9.17, 15) is 9.18 Å². The summed E-state index contributed by atoms with van der Waals surface area (Å²) >= 11 is 5.83. The van der Waals surface area contributed by atoms with E-state index < -0.39 is 11.9 Å². The van der Waals surface area contributed by atoms with E-state index >= 15 is 0 Å². The number of para-hydroxylation sites is 1. The fourth-order valence-corrected chi connectivity index (χ4v) is 3.26. The van der Waals surface area contributed by atoms with Gasteiger partial charge < -0.3 is 14.5 Å². The normalized spacial score (nSPS) is 16.1. The number of hydrogen-bond acceptors (Lipinski definition) is 5. The van der Waals surface area contributed by atoms with Crippen LogP contribution in [0.4, 0.5) is 10.3 Å². The number of hydrogen-bond donors (Lipinski definition) is 0. The van der Waals surface area contributed by atoms with Gasteiger partial charge in [0.15, 0.2) is 17.7 Å². The largest absolute Gasteiger partial charge is 0.478 e. The minimum Gasteiger partial charge on any atom is -0.478 e. The van der Waals surface area contributed by atoms with Gasteiger partial charge in [0.2, 0.25) is 5.95 Å². The summed E-state index contributed by atoms with van der Waals surface area (Å²) in [6.07, 6.45) is 3.99. The number of likely N-dealkylation sites (tertiary alicyclic amines) is 1. The van der Waals surface area contributed by atoms with Crippen molar-refractivity contribution in [2.24, 2.45) is 0 Å². The van der Waals surface area contributed by atoms with Gasteiger partial charge >= 0.3 is 0 Å². The lowest BCUT2D eigenvalue weighted by atomic mass is 10.0. The lowest BCUT2D eigenvalue weighted by Gasteiger charge is -2.37. The van der Waals surface area contributed by atoms with Gasteiger partial charge in [0.05, 0.1) is 17.4 Å². The second kappa shape index (κ2) is 8.52. The van der Waals surface area contributed by atoms with Crippen molar-refractivity contribution in [3.63, 3.8) is 0 Å². The maximum Gasteiger partial charge on any atom is 0.263 e. The minimum atomic E-state index is -0.740. The third-order valence-electron chi connectivity index (χ3n) is 4.73. The van der Waals surface area contributed by atoms with Crippen LogP contribution in [0.25, 0.3) is 0 Å². The Hall–Kier alpha value is -2.41. The lowest BCUT2D eigenvalue weighted by Crippen LogP contribution is -2.49. The van der Waals surface area contributed by atoms with E-state index in [1.165, 1.54) is 12.1 Å². The smallest absolute Gasteiger partial charge is 0.263 e. The number of halogens is 2. The first-order chi connectivity index (χ1) is 13.0. The van der Waals surface area contributed by atoms with Crippen molar-refractivity contribution in [3.8, 4) is 5.75 Å². The highest BCUT2D eigenvalue weighted by atomic mass is 35.5. The molecule has 0 radical (unpaired) electrons. The molecule has 3 rings (SSSR count). The maximum atomic E-state index is 13.7. The van der Waals surface area contributed by atoms with E-state index in [1.54, 1.807) is 36.4 Å². The zero-order valence-electron chi connectivity index (χ0n) is 15.3. The van der Waals surface area contributed by atoms with Crippen LogP contribution in [0.5, 0.6) is 5.75 Å². The van der Waals surface area contributed by atoms with E-state index in [2.05, 4.69) is 9.97 Å². The first-order valence-corrected chi connectivity index (χ1v) is 9.24. The maximum absolute atomic E-state index is 13.7. The van der Waals surface area contributed by atoms with Crippen molar-refractivity contribution in [1.82, 2.24) is 14.9 Å². The third-order valence-corrected chi connectivity index (χ3v) is 4.93. The quantitative estimate of drug-likeness (QED) is 0.782. The molecule has 1 fully saturated rings. The Balaban J connectivity index is 1.54. The number of aromatic nitrogens is 2. The Kier molecular flexibility index (Phi) is 6.11. The molecule has 1 aromatic carbocycles. The third kappa shape index (κ3) is 4.66. The zero-order chi connectivity index (χ0) is 19.4. The van der Waals surface area contributed by atoms with E-state index in [0.717, 1.165) is 12.8 Å². The SMILES string of the molecule is CC(Oc1ccccc1F)C(=O)N1CCC(N(C)c2ncc(Cl)cn2)CC1. The van der Waals surface area contributed by atoms with E-state index in [0.29, 0.717) is 24.1 Å². The summed E-state index contributed by atoms with van der Waals surface area (Å²) in [5.74, 6) is 0.0934. The number of rotatable bonds is 5. The molecule has 0 spiro atoms. The lowest BCUT2D eigenvalue weighted by molar-refractivity contribution is -0.139. The number of carbonyl (C=O) groups excluding carboxylic acids is 1. The highest BCUT2D eigenvalue weighted by Crippen LogP contribution is 2.22. The molecule has 1 amide bonds. The van der Waals surface area contributed by atoms with Gasteiger partial charge in [-0.25, -0.2) is 14.4 Å². The molecule has 27 heavy (non-hydrogen) atoms. The Morgan fingerprint density at radius 3 is 2.56 bits per heavy atom. The number of piperidine rings is 1. The Morgan fingerprint density at radius 2 is 1.93 bits per heavy atom. The highest BCUT2D eigenvalue weighted by Gasteiger charge is 2.29. The Bertz CT molecular complexity index is 782. The fraction of sp³-hybridized carbons (Fsp3) is 0.421. The van der Waals surface area contributed by atoms with Crippen molar-refractivity contribution in [2.45, 2.75) is 31.9 Å². The number of carbonyl (C=O) groups is 1. The van der Waals surface area contributed by atoms with Crippen molar-refractivity contribution in [2.75, 3.05) is 25.0 Å². The van der Waals surface area contributed by atoms with E-state index in [-0.39, 0.29) is 17.7 Å². The molecule has 1 aliphatic rings. The van der Waals surface area contributed by atoms with Crippen LogP contribution in [0.15, 0.2) is 36.7 Å². The molecule has 2 heterocycles. The standard InChI is InChI=1S/C19H22ClFN4O2/c1-13(27-17-6-4-3-5-16(17)21)18(26)25-9-7-15(8-10-25)24(2)19-22-11-14(20)12-23-19/h3-6,11-13,15H,7-10H2,1-2H3. The second-order valence-corrected chi connectivity index (χ2v) is 7.00. The van der Waals surface area contributed by atoms with Crippen LogP contribution in [0.3, 0.4) is 0 Å². The van der Waals surface area contributed by atoms with Gasteiger partial charge in [-0.15, -0.1) is 0 Å². The first kappa shape index (κ1) is 19.4. The van der Waals surface area contributed by atoms with Crippen LogP contribution in [0, 0.1) is 5.82 Å². The molecule has 1 aliphatic heterocycles. The summed E-state index contributed by atoms with van der Waals surface area (Å²) in [6, 6.07) is 6.33. The van der Waals surface area contributed by atoms with Gasteiger partial charge in [-0.3, -0.25) is 4.79 Å². The first-order valence-electron chi connectivity index (χ1n) is 8.86. The summed E-state index contributed by atoms with van der Waals surface area (Å²) in [5.41, 5.74) is 0. The predicted octanol–water partition coefficient (Wildman–Crippen LogP) is 3.16. The minimum absolute atomic E-state index is 0.0906. The van der Waals surface area contributed by atoms with Crippen molar-refractivity contribution in [1.29, 1.82) is 0 Å². The molecular weight excluding hydrogens is 371 g/mol. The molecule has 6 nitrogen and oxygen atoms in total. The number of amides is 1. The van der Waals surface area contributed by atoms with Gasteiger partial charge in [-0.2, -0.15) is 0 Å². The number of ether oxygens (including phenoxy) is 1. The summed E-state index contributed by atoms with van der Waals surface area (Å²) in [4.78, 5) is 24.9. The van der Waals surface area contributed by atoms with Crippen molar-refractivity contribution in [3.05, 3.63) is 47.5 Å². The molecule has 0 N–H and O–H groups in total. The molecular formula is C19H22ClFN4O2. The average Bonchev–Trinajstić information content (AvgIpc) is 2.69. The number of nitrogens with zero attached hydrogens (tertiary/aromatic N) is 4. The zero-order valence-corrected chi connectivity index (χ0v) is 16.1. The van der Waals surface area contributed by atoms with Gasteiger partial charge in [0.1, 0.15) is 0 Å². The van der Waals surface area contributed by atoms with E-state index in [4.69, 9.17) is 16.3 Å². The van der Waals surface area contributed by atoms with Crippen LogP contribution in [0.1, 0.15) is 19.8 Å². The summed E-state index contributed by atoms with van der Waals surface area (Å²) < 4.78 is 19.2. The van der Waals surface area contributed by atoms with Crippen LogP contribution in [0.2, 0.25) is 5.02 Å². The molecule has 1 atom stereocenters. The Morgan fingerprint density at radius 1 is 1.30 bits per heavy atom. The molecule has 0 aliphatic carbocycles. The van der Waals surface area contributed by atoms with Crippen LogP contribution in [-0.2, 0) is 4.79 Å². The highest BCUT2D eigenvalue weighted by molar-refractivity contribution is 6.30. The molecule has 0 bridgehead atoms. The molecule has 144 valence electrons. The van der Waals surface area contributed by atoms with Gasteiger partial charge in [-0.1, -0.05) is 23.7 Å². The topological polar surface area (TPSA) is 58.6 Å². The van der Waals surface area contributed by atoms with Crippen molar-refractivity contribution >= 4 is 23.5 Å². The van der Waals surface area contributed by atoms with Crippen LogP contribution in [-0.4, -0.2) is 53.1 Å². The molecule has 1 aromatic heterocycles.